The number of H-pyrrole nitrogens is 1. The normalized spacial score (nSPS) is 19.6. The number of piperidine rings is 1. The zero-order chi connectivity index (χ0) is 14.3. The molecule has 1 unspecified atom stereocenters. The van der Waals surface area contributed by atoms with E-state index in [-0.39, 0.29) is 0 Å². The number of fused-ring (bicyclic) bond motifs is 1. The molecule has 1 atom stereocenters. The number of nitrogens with zero attached hydrogens (tertiary/aromatic N) is 4. The molecule has 0 spiro atoms. The first-order valence-corrected chi connectivity index (χ1v) is 7.37. The molecule has 0 radical (unpaired) electrons. The first-order valence-electron chi connectivity index (χ1n) is 7.37. The lowest BCUT2D eigenvalue weighted by atomic mass is 10.0. The second-order valence-electron chi connectivity index (χ2n) is 5.99. The fraction of sp³-hybridized carbons (Fsp3) is 0.600. The van der Waals surface area contributed by atoms with E-state index < -0.39 is 0 Å². The Morgan fingerprint density at radius 1 is 1.30 bits per heavy atom. The van der Waals surface area contributed by atoms with Crippen molar-refractivity contribution in [2.45, 2.75) is 39.2 Å². The smallest absolute Gasteiger partial charge is 0.228 e. The van der Waals surface area contributed by atoms with Gasteiger partial charge < -0.3 is 14.8 Å². The van der Waals surface area contributed by atoms with Crippen LogP contribution in [0.25, 0.3) is 11.0 Å². The van der Waals surface area contributed by atoms with Crippen molar-refractivity contribution in [3.05, 3.63) is 11.8 Å². The highest BCUT2D eigenvalue weighted by Gasteiger charge is 2.23. The van der Waals surface area contributed by atoms with Gasteiger partial charge in [-0.25, -0.2) is 0 Å². The van der Waals surface area contributed by atoms with E-state index >= 15 is 0 Å². The molecule has 1 aliphatic rings. The highest BCUT2D eigenvalue weighted by molar-refractivity contribution is 5.89. The van der Waals surface area contributed by atoms with Gasteiger partial charge in [-0.2, -0.15) is 9.97 Å². The molecule has 0 aromatic carbocycles. The zero-order valence-corrected chi connectivity index (χ0v) is 12.8. The molecule has 0 aliphatic carbocycles. The third kappa shape index (κ3) is 2.21. The summed E-state index contributed by atoms with van der Waals surface area (Å²) in [4.78, 5) is 17.2. The molecule has 1 saturated heterocycles. The number of aromatic amines is 1. The molecule has 0 bridgehead atoms. The van der Waals surface area contributed by atoms with Gasteiger partial charge >= 0.3 is 0 Å². The van der Waals surface area contributed by atoms with E-state index in [1.54, 1.807) is 0 Å². The van der Waals surface area contributed by atoms with E-state index in [0.29, 0.717) is 6.04 Å². The minimum Gasteiger partial charge on any atom is -0.353 e. The van der Waals surface area contributed by atoms with Gasteiger partial charge in [-0.15, -0.1) is 0 Å². The van der Waals surface area contributed by atoms with Gasteiger partial charge in [0, 0.05) is 32.4 Å². The molecule has 1 aliphatic heterocycles. The van der Waals surface area contributed by atoms with Crippen LogP contribution in [-0.2, 0) is 0 Å². The summed E-state index contributed by atoms with van der Waals surface area (Å²) in [6.07, 6.45) is 3.81. The lowest BCUT2D eigenvalue weighted by Crippen LogP contribution is -2.38. The molecular weight excluding hydrogens is 250 g/mol. The summed E-state index contributed by atoms with van der Waals surface area (Å²) >= 11 is 0. The van der Waals surface area contributed by atoms with Crippen LogP contribution in [0.4, 0.5) is 11.8 Å². The van der Waals surface area contributed by atoms with Gasteiger partial charge in [-0.1, -0.05) is 0 Å². The summed E-state index contributed by atoms with van der Waals surface area (Å²) in [6.45, 7) is 5.45. The summed E-state index contributed by atoms with van der Waals surface area (Å²) in [5.74, 6) is 1.85. The monoisotopic (exact) mass is 273 g/mol. The summed E-state index contributed by atoms with van der Waals surface area (Å²) in [5, 5.41) is 1.14. The molecule has 0 amide bonds. The third-order valence-corrected chi connectivity index (χ3v) is 4.07. The van der Waals surface area contributed by atoms with E-state index in [1.807, 2.05) is 19.0 Å². The molecule has 2 aromatic rings. The lowest BCUT2D eigenvalue weighted by Gasteiger charge is -2.35. The van der Waals surface area contributed by atoms with Gasteiger partial charge in [0.05, 0.1) is 5.39 Å². The predicted octanol–water partition coefficient (Wildman–Crippen LogP) is 2.71. The Hall–Kier alpha value is -1.78. The Labute approximate surface area is 120 Å². The standard InChI is InChI=1S/C15H23N5/c1-10-9-12-13(16-10)17-15(19(3)4)18-14(12)20-8-6-5-7-11(20)2/h9,11H,5-8H2,1-4H3,(H,16,17,18). The Balaban J connectivity index is 2.15. The Morgan fingerprint density at radius 2 is 2.10 bits per heavy atom. The van der Waals surface area contributed by atoms with Crippen LogP contribution in [-0.4, -0.2) is 41.6 Å². The minimum atomic E-state index is 0.548. The zero-order valence-electron chi connectivity index (χ0n) is 12.8. The maximum Gasteiger partial charge on any atom is 0.228 e. The van der Waals surface area contributed by atoms with Crippen LogP contribution in [0, 0.1) is 6.92 Å². The van der Waals surface area contributed by atoms with Crippen molar-refractivity contribution in [1.82, 2.24) is 15.0 Å². The number of hydrogen-bond acceptors (Lipinski definition) is 4. The number of nitrogens with one attached hydrogen (secondary N) is 1. The molecule has 5 heteroatoms. The number of aromatic nitrogens is 3. The number of rotatable bonds is 2. The third-order valence-electron chi connectivity index (χ3n) is 4.07. The summed E-state index contributed by atoms with van der Waals surface area (Å²) < 4.78 is 0. The molecule has 0 saturated carbocycles. The first-order chi connectivity index (χ1) is 9.56. The SMILES string of the molecule is Cc1cc2c(N3CCCCC3C)nc(N(C)C)nc2[nH]1. The quantitative estimate of drug-likeness (QED) is 0.914. The highest BCUT2D eigenvalue weighted by Crippen LogP contribution is 2.31. The average Bonchev–Trinajstić information content (AvgIpc) is 2.78. The van der Waals surface area contributed by atoms with Crippen molar-refractivity contribution in [1.29, 1.82) is 0 Å². The molecule has 3 heterocycles. The van der Waals surface area contributed by atoms with Crippen LogP contribution in [0.5, 0.6) is 0 Å². The van der Waals surface area contributed by atoms with Crippen LogP contribution < -0.4 is 9.80 Å². The molecule has 1 fully saturated rings. The fourth-order valence-corrected chi connectivity index (χ4v) is 2.95. The largest absolute Gasteiger partial charge is 0.353 e. The van der Waals surface area contributed by atoms with Crippen LogP contribution >= 0.6 is 0 Å². The van der Waals surface area contributed by atoms with Crippen LogP contribution in [0.2, 0.25) is 0 Å². The molecule has 3 rings (SSSR count). The number of aryl methyl sites for hydroxylation is 1. The average molecular weight is 273 g/mol. The van der Waals surface area contributed by atoms with Crippen LogP contribution in [0.1, 0.15) is 31.9 Å². The summed E-state index contributed by atoms with van der Waals surface area (Å²) in [6, 6.07) is 2.71. The molecule has 1 N–H and O–H groups in total. The maximum absolute atomic E-state index is 4.81. The van der Waals surface area contributed by atoms with E-state index in [9.17, 15) is 0 Å². The van der Waals surface area contributed by atoms with Gasteiger partial charge in [-0.05, 0) is 39.2 Å². The summed E-state index contributed by atoms with van der Waals surface area (Å²) in [7, 11) is 3.97. The van der Waals surface area contributed by atoms with Crippen LogP contribution in [0.3, 0.4) is 0 Å². The topological polar surface area (TPSA) is 48.1 Å². The van der Waals surface area contributed by atoms with Crippen LogP contribution in [0.15, 0.2) is 6.07 Å². The van der Waals surface area contributed by atoms with Gasteiger partial charge in [0.1, 0.15) is 11.5 Å². The van der Waals surface area contributed by atoms with Crippen molar-refractivity contribution in [2.75, 3.05) is 30.4 Å². The van der Waals surface area contributed by atoms with E-state index in [1.165, 1.54) is 19.3 Å². The molecule has 2 aromatic heterocycles. The maximum atomic E-state index is 4.81. The van der Waals surface area contributed by atoms with E-state index in [4.69, 9.17) is 4.98 Å². The van der Waals surface area contributed by atoms with Gasteiger partial charge in [0.15, 0.2) is 0 Å². The molecular formula is C15H23N5. The van der Waals surface area contributed by atoms with Gasteiger partial charge in [-0.3, -0.25) is 0 Å². The lowest BCUT2D eigenvalue weighted by molar-refractivity contribution is 0.482. The van der Waals surface area contributed by atoms with E-state index in [0.717, 1.165) is 35.0 Å². The minimum absolute atomic E-state index is 0.548. The van der Waals surface area contributed by atoms with Crippen molar-refractivity contribution >= 4 is 22.8 Å². The fourth-order valence-electron chi connectivity index (χ4n) is 2.95. The van der Waals surface area contributed by atoms with Crippen molar-refractivity contribution < 1.29 is 0 Å². The highest BCUT2D eigenvalue weighted by atomic mass is 15.3. The Kier molecular flexibility index (Phi) is 3.28. The molecule has 20 heavy (non-hydrogen) atoms. The number of anilines is 2. The number of hydrogen-bond donors (Lipinski definition) is 1. The summed E-state index contributed by atoms with van der Waals surface area (Å²) in [5.41, 5.74) is 2.07. The molecule has 5 nitrogen and oxygen atoms in total. The Morgan fingerprint density at radius 3 is 2.80 bits per heavy atom. The van der Waals surface area contributed by atoms with E-state index in [2.05, 4.69) is 34.8 Å². The predicted molar refractivity (Wildman–Crippen MR) is 83.6 cm³/mol. The second kappa shape index (κ2) is 4.96. The second-order valence-corrected chi connectivity index (χ2v) is 5.99. The molecule has 108 valence electrons. The Bertz CT molecular complexity index is 616. The first kappa shape index (κ1) is 13.2. The van der Waals surface area contributed by atoms with Crippen molar-refractivity contribution in [3.8, 4) is 0 Å². The van der Waals surface area contributed by atoms with Crippen molar-refractivity contribution in [3.63, 3.8) is 0 Å². The van der Waals surface area contributed by atoms with Crippen molar-refractivity contribution in [2.24, 2.45) is 0 Å². The van der Waals surface area contributed by atoms with Gasteiger partial charge in [0.25, 0.3) is 0 Å². The van der Waals surface area contributed by atoms with Gasteiger partial charge in [0.2, 0.25) is 5.95 Å².